The lowest BCUT2D eigenvalue weighted by Gasteiger charge is -2.38. The Morgan fingerprint density at radius 3 is 2.77 bits per heavy atom. The van der Waals surface area contributed by atoms with Crippen LogP contribution in [0, 0.1) is 0 Å². The molecule has 1 aromatic heterocycles. The number of fused-ring (bicyclic) bond motifs is 1. The van der Waals surface area contributed by atoms with E-state index in [0.717, 1.165) is 52.0 Å². The normalized spacial score (nSPS) is 22.5. The van der Waals surface area contributed by atoms with E-state index in [4.69, 9.17) is 4.74 Å². The van der Waals surface area contributed by atoms with Crippen molar-refractivity contribution in [2.24, 2.45) is 0 Å². The van der Waals surface area contributed by atoms with E-state index in [0.29, 0.717) is 19.2 Å². The van der Waals surface area contributed by atoms with Crippen molar-refractivity contribution in [2.45, 2.75) is 37.5 Å². The summed E-state index contributed by atoms with van der Waals surface area (Å²) in [5, 5.41) is 16.2. The average Bonchev–Trinajstić information content (AvgIpc) is 3.30. The van der Waals surface area contributed by atoms with Gasteiger partial charge in [0.1, 0.15) is 0 Å². The number of hydrogen-bond acceptors (Lipinski definition) is 6. The first kappa shape index (κ1) is 21.9. The Kier molecular flexibility index (Phi) is 7.93. The largest absolute Gasteiger partial charge is 0.389 e. The highest BCUT2D eigenvalue weighted by Crippen LogP contribution is 2.32. The highest BCUT2D eigenvalue weighted by atomic mass is 32.1. The summed E-state index contributed by atoms with van der Waals surface area (Å²) in [6, 6.07) is 13.3. The molecule has 3 atom stereocenters. The molecular formula is C24H35N3O2S. The molecule has 0 bridgehead atoms. The minimum Gasteiger partial charge on any atom is -0.389 e. The molecule has 0 spiro atoms. The van der Waals surface area contributed by atoms with Crippen LogP contribution in [0.5, 0.6) is 0 Å². The Balaban J connectivity index is 1.24. The van der Waals surface area contributed by atoms with Gasteiger partial charge in [0.05, 0.1) is 24.9 Å². The molecule has 0 saturated carbocycles. The molecule has 30 heavy (non-hydrogen) atoms. The zero-order valence-corrected chi connectivity index (χ0v) is 18.8. The molecule has 5 nitrogen and oxygen atoms in total. The van der Waals surface area contributed by atoms with Gasteiger partial charge in [0.15, 0.2) is 0 Å². The van der Waals surface area contributed by atoms with Crippen molar-refractivity contribution >= 4 is 11.3 Å². The Hall–Kier alpha value is -1.28. The number of piperazine rings is 1. The van der Waals surface area contributed by atoms with E-state index in [2.05, 4.69) is 63.9 Å². The van der Waals surface area contributed by atoms with Gasteiger partial charge in [-0.15, -0.1) is 11.3 Å². The first-order valence-electron chi connectivity index (χ1n) is 11.2. The Morgan fingerprint density at radius 2 is 1.97 bits per heavy atom. The molecule has 4 rings (SSSR count). The van der Waals surface area contributed by atoms with E-state index in [1.807, 2.05) is 11.3 Å². The molecule has 0 radical (unpaired) electrons. The van der Waals surface area contributed by atoms with Gasteiger partial charge in [-0.1, -0.05) is 30.3 Å². The van der Waals surface area contributed by atoms with E-state index < -0.39 is 6.10 Å². The summed E-state index contributed by atoms with van der Waals surface area (Å²) in [7, 11) is 2.19. The zero-order valence-electron chi connectivity index (χ0n) is 18.0. The predicted molar refractivity (Wildman–Crippen MR) is 123 cm³/mol. The van der Waals surface area contributed by atoms with Crippen molar-refractivity contribution in [3.63, 3.8) is 0 Å². The van der Waals surface area contributed by atoms with Gasteiger partial charge in [0.2, 0.25) is 0 Å². The maximum absolute atomic E-state index is 10.5. The van der Waals surface area contributed by atoms with Crippen molar-refractivity contribution in [3.8, 4) is 0 Å². The standard InChI is InChI=1S/C24H35N3O2S/c1-26-11-13-27(14-12-26)22(24-10-5-15-30-24)17-25-16-20(28)18-29-23-9-4-7-19-6-2-3-8-21(19)23/h2-3,5-6,8,10,15,20,22-23,25,28H,4,7,9,11-14,16-18H2,1H3/t20-,22+,23+/m0/s1. The lowest BCUT2D eigenvalue weighted by atomic mass is 9.89. The molecule has 2 aromatic rings. The van der Waals surface area contributed by atoms with Gasteiger partial charge in [0, 0.05) is 44.1 Å². The number of benzene rings is 1. The van der Waals surface area contributed by atoms with Crippen molar-refractivity contribution in [1.29, 1.82) is 0 Å². The van der Waals surface area contributed by atoms with Crippen LogP contribution in [-0.2, 0) is 11.2 Å². The lowest BCUT2D eigenvalue weighted by molar-refractivity contribution is -0.0172. The van der Waals surface area contributed by atoms with Crippen LogP contribution in [0.3, 0.4) is 0 Å². The van der Waals surface area contributed by atoms with Gasteiger partial charge in [-0.05, 0) is 48.9 Å². The van der Waals surface area contributed by atoms with Crippen LogP contribution in [0.1, 0.15) is 41.0 Å². The van der Waals surface area contributed by atoms with Crippen molar-refractivity contribution in [3.05, 3.63) is 57.8 Å². The third kappa shape index (κ3) is 5.69. The van der Waals surface area contributed by atoms with E-state index >= 15 is 0 Å². The van der Waals surface area contributed by atoms with Gasteiger partial charge in [0.25, 0.3) is 0 Å². The summed E-state index contributed by atoms with van der Waals surface area (Å²) < 4.78 is 6.13. The Bertz CT molecular complexity index is 762. The van der Waals surface area contributed by atoms with Gasteiger partial charge >= 0.3 is 0 Å². The van der Waals surface area contributed by atoms with E-state index in [9.17, 15) is 5.11 Å². The molecule has 1 aromatic carbocycles. The molecule has 2 aliphatic rings. The number of rotatable bonds is 9. The van der Waals surface area contributed by atoms with Crippen molar-refractivity contribution in [1.82, 2.24) is 15.1 Å². The van der Waals surface area contributed by atoms with Crippen LogP contribution in [0.2, 0.25) is 0 Å². The maximum Gasteiger partial charge on any atom is 0.0897 e. The van der Waals surface area contributed by atoms with Gasteiger partial charge in [-0.25, -0.2) is 0 Å². The second kappa shape index (κ2) is 10.8. The van der Waals surface area contributed by atoms with Crippen LogP contribution < -0.4 is 5.32 Å². The Morgan fingerprint density at radius 1 is 1.13 bits per heavy atom. The zero-order chi connectivity index (χ0) is 20.8. The highest BCUT2D eigenvalue weighted by molar-refractivity contribution is 7.10. The summed E-state index contributed by atoms with van der Waals surface area (Å²) in [6.07, 6.45) is 2.96. The van der Waals surface area contributed by atoms with E-state index in [1.165, 1.54) is 16.0 Å². The molecule has 1 saturated heterocycles. The van der Waals surface area contributed by atoms with Crippen LogP contribution in [0.25, 0.3) is 0 Å². The molecule has 164 valence electrons. The van der Waals surface area contributed by atoms with Crippen LogP contribution in [0.4, 0.5) is 0 Å². The monoisotopic (exact) mass is 429 g/mol. The highest BCUT2D eigenvalue weighted by Gasteiger charge is 2.25. The first-order chi connectivity index (χ1) is 14.7. The van der Waals surface area contributed by atoms with Gasteiger partial charge in [-0.2, -0.15) is 0 Å². The van der Waals surface area contributed by atoms with Crippen molar-refractivity contribution < 1.29 is 9.84 Å². The summed E-state index contributed by atoms with van der Waals surface area (Å²) in [6.45, 7) is 6.20. The van der Waals surface area contributed by atoms with Crippen molar-refractivity contribution in [2.75, 3.05) is 52.9 Å². The topological polar surface area (TPSA) is 48.0 Å². The molecule has 6 heteroatoms. The number of ether oxygens (including phenoxy) is 1. The Labute approximate surface area is 184 Å². The average molecular weight is 430 g/mol. The van der Waals surface area contributed by atoms with Crippen LogP contribution in [-0.4, -0.2) is 73.9 Å². The SMILES string of the molecule is CN1CCN([C@H](CNC[C@H](O)CO[C@@H]2CCCc3ccccc32)c2cccs2)CC1. The van der Waals surface area contributed by atoms with Crippen LogP contribution >= 0.6 is 11.3 Å². The van der Waals surface area contributed by atoms with Crippen LogP contribution in [0.15, 0.2) is 41.8 Å². The predicted octanol–water partition coefficient (Wildman–Crippen LogP) is 3.08. The van der Waals surface area contributed by atoms with E-state index in [-0.39, 0.29) is 6.10 Å². The fourth-order valence-electron chi connectivity index (χ4n) is 4.58. The number of nitrogens with one attached hydrogen (secondary N) is 1. The number of nitrogens with zero attached hydrogens (tertiary/aromatic N) is 2. The number of aliphatic hydroxyl groups is 1. The molecular weight excluding hydrogens is 394 g/mol. The fraction of sp³-hybridized carbons (Fsp3) is 0.583. The number of aryl methyl sites for hydroxylation is 1. The molecule has 1 fully saturated rings. The third-order valence-corrected chi connectivity index (χ3v) is 7.35. The quantitative estimate of drug-likeness (QED) is 0.642. The minimum atomic E-state index is -0.490. The molecule has 2 N–H and O–H groups in total. The van der Waals surface area contributed by atoms with Gasteiger partial charge in [-0.3, -0.25) is 4.90 Å². The summed E-state index contributed by atoms with van der Waals surface area (Å²) >= 11 is 1.82. The number of likely N-dealkylation sites (N-methyl/N-ethyl adjacent to an activating group) is 1. The number of aliphatic hydroxyl groups excluding tert-OH is 1. The molecule has 0 unspecified atom stereocenters. The molecule has 2 heterocycles. The molecule has 1 aliphatic carbocycles. The van der Waals surface area contributed by atoms with Gasteiger partial charge < -0.3 is 20.1 Å². The molecule has 0 amide bonds. The summed E-state index contributed by atoms with van der Waals surface area (Å²) in [5.74, 6) is 0. The lowest BCUT2D eigenvalue weighted by Crippen LogP contribution is -2.48. The smallest absolute Gasteiger partial charge is 0.0897 e. The first-order valence-corrected chi connectivity index (χ1v) is 12.1. The molecule has 1 aliphatic heterocycles. The fourth-order valence-corrected chi connectivity index (χ4v) is 5.44. The number of hydrogen-bond donors (Lipinski definition) is 2. The minimum absolute atomic E-state index is 0.119. The summed E-state index contributed by atoms with van der Waals surface area (Å²) in [5.41, 5.74) is 2.70. The summed E-state index contributed by atoms with van der Waals surface area (Å²) in [4.78, 5) is 6.36. The third-order valence-electron chi connectivity index (χ3n) is 6.37. The number of thiophene rings is 1. The second-order valence-corrected chi connectivity index (χ2v) is 9.57. The maximum atomic E-state index is 10.5. The second-order valence-electron chi connectivity index (χ2n) is 8.60. The van der Waals surface area contributed by atoms with E-state index in [1.54, 1.807) is 0 Å².